The van der Waals surface area contributed by atoms with Gasteiger partial charge in [-0.05, 0) is 24.6 Å². The molecule has 0 saturated heterocycles. The minimum absolute atomic E-state index is 0. The molecule has 0 rings (SSSR count). The van der Waals surface area contributed by atoms with Gasteiger partial charge in [0.15, 0.2) is 0 Å². The Balaban J connectivity index is -0.000000256. The van der Waals surface area contributed by atoms with E-state index in [1.54, 1.807) is 0 Å². The van der Waals surface area contributed by atoms with Crippen molar-refractivity contribution in [1.29, 1.82) is 0 Å². The van der Waals surface area contributed by atoms with Gasteiger partial charge in [0, 0.05) is 14.7 Å². The molecule has 7 heteroatoms. The monoisotopic (exact) mass is 338 g/mol. The molecule has 0 aromatic carbocycles. The zero-order valence-electron chi connectivity index (χ0n) is 12.9. The average Bonchev–Trinajstić information content (AvgIpc) is 2.17. The van der Waals surface area contributed by atoms with Crippen LogP contribution in [0.3, 0.4) is 0 Å². The third kappa shape index (κ3) is 19.6. The first-order valence-corrected chi connectivity index (χ1v) is 10.8. The molecule has 0 radical (unpaired) electrons. The molecule has 112 valence electrons. The van der Waals surface area contributed by atoms with Gasteiger partial charge in [0.05, 0.1) is 0 Å². The summed E-state index contributed by atoms with van der Waals surface area (Å²) in [5.74, 6) is 0. The molecule has 0 N–H and O–H groups in total. The number of rotatable bonds is 8. The van der Waals surface area contributed by atoms with Crippen molar-refractivity contribution in [3.63, 3.8) is 0 Å². The molecule has 4 nitrogen and oxygen atoms in total. The van der Waals surface area contributed by atoms with Crippen molar-refractivity contribution in [3.8, 4) is 0 Å². The Kier molecular flexibility index (Phi) is 19.6. The predicted octanol–water partition coefficient (Wildman–Crippen LogP) is 2.51. The summed E-state index contributed by atoms with van der Waals surface area (Å²) in [5.41, 5.74) is 0. The van der Waals surface area contributed by atoms with E-state index in [0.717, 1.165) is 25.7 Å². The Morgan fingerprint density at radius 2 is 0.789 bits per heavy atom. The fourth-order valence-electron chi connectivity index (χ4n) is 1.59. The van der Waals surface area contributed by atoms with Gasteiger partial charge in [-0.1, -0.05) is 53.4 Å². The Bertz CT molecular complexity index is 237. The molecule has 0 aliphatic heterocycles. The van der Waals surface area contributed by atoms with Crippen molar-refractivity contribution >= 4 is 52.5 Å². The Labute approximate surface area is 148 Å². The summed E-state index contributed by atoms with van der Waals surface area (Å²) in [7, 11) is -5.89. The molecule has 0 spiro atoms. The van der Waals surface area contributed by atoms with E-state index in [2.05, 4.69) is 0 Å². The summed E-state index contributed by atoms with van der Waals surface area (Å²) in [5, 5.41) is 0. The quantitative estimate of drug-likeness (QED) is 0.503. The number of hydrogen-bond acceptors (Lipinski definition) is 4. The zero-order chi connectivity index (χ0) is 14.7. The molecule has 0 unspecified atom stereocenters. The summed E-state index contributed by atoms with van der Waals surface area (Å²) in [6.45, 7) is 7.56. The van der Waals surface area contributed by atoms with Crippen LogP contribution < -0.4 is 9.79 Å². The molecule has 0 aliphatic rings. The molecule has 0 atom stereocenters. The van der Waals surface area contributed by atoms with Gasteiger partial charge < -0.3 is 18.9 Å². The van der Waals surface area contributed by atoms with E-state index in [1.165, 1.54) is 0 Å². The van der Waals surface area contributed by atoms with Gasteiger partial charge in [-0.15, -0.1) is 0 Å². The molecule has 0 aromatic heterocycles. The van der Waals surface area contributed by atoms with Crippen molar-refractivity contribution < 1.29 is 18.9 Å². The second-order valence-electron chi connectivity index (χ2n) is 4.52. The normalized spacial score (nSPS) is 11.3. The Morgan fingerprint density at radius 3 is 0.895 bits per heavy atom. The molecule has 19 heavy (non-hydrogen) atoms. The van der Waals surface area contributed by atoms with Crippen molar-refractivity contribution in [2.45, 2.75) is 53.4 Å². The summed E-state index contributed by atoms with van der Waals surface area (Å²) < 4.78 is 21.7. The van der Waals surface area contributed by atoms with Gasteiger partial charge in [0.25, 0.3) is 0 Å². The van der Waals surface area contributed by atoms with Crippen LogP contribution >= 0.6 is 14.7 Å². The Morgan fingerprint density at radius 1 is 0.632 bits per heavy atom. The van der Waals surface area contributed by atoms with Crippen LogP contribution in [0.4, 0.5) is 0 Å². The third-order valence-electron chi connectivity index (χ3n) is 2.26. The predicted molar refractivity (Wildman–Crippen MR) is 81.6 cm³/mol. The SMILES string of the molecule is CCCP(=O)([O-])CCC.CCCP(=O)([O-])CCC.[Ca+2]. The minimum atomic E-state index is -2.94. The van der Waals surface area contributed by atoms with Crippen LogP contribution in [0.15, 0.2) is 0 Å². The van der Waals surface area contributed by atoms with Gasteiger partial charge in [0.1, 0.15) is 0 Å². The molecule has 0 bridgehead atoms. The van der Waals surface area contributed by atoms with Crippen molar-refractivity contribution in [3.05, 3.63) is 0 Å². The fraction of sp³-hybridized carbons (Fsp3) is 1.00. The molecule has 0 heterocycles. The largest absolute Gasteiger partial charge is 2.00 e. The van der Waals surface area contributed by atoms with Crippen LogP contribution in [0.25, 0.3) is 0 Å². The standard InChI is InChI=1S/2C6H15O2P.Ca/c2*1-3-5-9(7,8)6-4-2;/h2*3-6H2,1-2H3,(H,7,8);/q;;+2/p-2. The second-order valence-corrected chi connectivity index (χ2v) is 9.57. The van der Waals surface area contributed by atoms with E-state index >= 15 is 0 Å². The molecular weight excluding hydrogens is 310 g/mol. The van der Waals surface area contributed by atoms with Gasteiger partial charge in [-0.25, -0.2) is 0 Å². The summed E-state index contributed by atoms with van der Waals surface area (Å²) in [6.07, 6.45) is 4.51. The summed E-state index contributed by atoms with van der Waals surface area (Å²) in [4.78, 5) is 21.7. The van der Waals surface area contributed by atoms with Gasteiger partial charge in [0.2, 0.25) is 0 Å². The summed E-state index contributed by atoms with van der Waals surface area (Å²) in [6, 6.07) is 0. The van der Waals surface area contributed by atoms with E-state index < -0.39 is 14.7 Å². The number of hydrogen-bond donors (Lipinski definition) is 0. The van der Waals surface area contributed by atoms with Crippen LogP contribution in [-0.4, -0.2) is 62.4 Å². The minimum Gasteiger partial charge on any atom is -0.799 e. The van der Waals surface area contributed by atoms with Gasteiger partial charge >= 0.3 is 37.7 Å². The van der Waals surface area contributed by atoms with Crippen LogP contribution in [0, 0.1) is 0 Å². The van der Waals surface area contributed by atoms with Crippen LogP contribution in [0.5, 0.6) is 0 Å². The topological polar surface area (TPSA) is 80.3 Å². The van der Waals surface area contributed by atoms with Crippen molar-refractivity contribution in [2.75, 3.05) is 24.6 Å². The maximum Gasteiger partial charge on any atom is 2.00 e. The maximum atomic E-state index is 10.9. The molecule has 0 aliphatic carbocycles. The Hall–Kier alpha value is 1.64. The first kappa shape index (κ1) is 25.6. The summed E-state index contributed by atoms with van der Waals surface area (Å²) >= 11 is 0. The first-order valence-electron chi connectivity index (χ1n) is 6.82. The smallest absolute Gasteiger partial charge is 0.799 e. The third-order valence-corrected chi connectivity index (χ3v) is 6.77. The molecule has 0 amide bonds. The van der Waals surface area contributed by atoms with E-state index in [0.29, 0.717) is 24.6 Å². The van der Waals surface area contributed by atoms with Gasteiger partial charge in [-0.2, -0.15) is 0 Å². The van der Waals surface area contributed by atoms with Gasteiger partial charge in [-0.3, -0.25) is 0 Å². The molecule has 0 fully saturated rings. The van der Waals surface area contributed by atoms with E-state index in [-0.39, 0.29) is 37.7 Å². The van der Waals surface area contributed by atoms with Crippen LogP contribution in [0.2, 0.25) is 0 Å². The molecular formula is C12H28CaO4P2. The van der Waals surface area contributed by atoms with Crippen LogP contribution in [-0.2, 0) is 9.13 Å². The van der Waals surface area contributed by atoms with Crippen molar-refractivity contribution in [2.24, 2.45) is 0 Å². The fourth-order valence-corrected chi connectivity index (χ4v) is 4.76. The van der Waals surface area contributed by atoms with Crippen molar-refractivity contribution in [1.82, 2.24) is 0 Å². The van der Waals surface area contributed by atoms with E-state index in [4.69, 9.17) is 0 Å². The molecule has 0 aromatic rings. The average molecular weight is 338 g/mol. The molecule has 0 saturated carbocycles. The first-order chi connectivity index (χ1) is 8.24. The second kappa shape index (κ2) is 14.6. The maximum absolute atomic E-state index is 10.9. The zero-order valence-corrected chi connectivity index (χ0v) is 16.9. The van der Waals surface area contributed by atoms with E-state index in [1.807, 2.05) is 27.7 Å². The van der Waals surface area contributed by atoms with Crippen LogP contribution in [0.1, 0.15) is 53.4 Å². The van der Waals surface area contributed by atoms with E-state index in [9.17, 15) is 18.9 Å².